The molecule has 0 atom stereocenters. The number of hydrogen-bond acceptors (Lipinski definition) is 4. The van der Waals surface area contributed by atoms with Crippen LogP contribution in [0.2, 0.25) is 0 Å². The van der Waals surface area contributed by atoms with Gasteiger partial charge >= 0.3 is 5.97 Å². The summed E-state index contributed by atoms with van der Waals surface area (Å²) in [5.41, 5.74) is -0.00931. The number of aromatic nitrogens is 2. The van der Waals surface area contributed by atoms with Crippen LogP contribution in [0.15, 0.2) is 12.1 Å². The molecule has 0 bridgehead atoms. The summed E-state index contributed by atoms with van der Waals surface area (Å²) in [7, 11) is 0. The van der Waals surface area contributed by atoms with Crippen molar-refractivity contribution in [1.29, 1.82) is 0 Å². The lowest BCUT2D eigenvalue weighted by atomic mass is 10.1. The van der Waals surface area contributed by atoms with Crippen LogP contribution in [0.5, 0.6) is 0 Å². The van der Waals surface area contributed by atoms with Gasteiger partial charge in [-0.1, -0.05) is 0 Å². The monoisotopic (exact) mass is 233 g/mol. The van der Waals surface area contributed by atoms with Crippen molar-refractivity contribution in [2.45, 2.75) is 31.7 Å². The van der Waals surface area contributed by atoms with Gasteiger partial charge in [0.25, 0.3) is 0 Å². The van der Waals surface area contributed by atoms with E-state index in [1.54, 1.807) is 6.07 Å². The fraction of sp³-hybridized carbons (Fsp3) is 0.583. The average Bonchev–Trinajstić information content (AvgIpc) is 3.17. The molecular formula is C12H15N3O2. The third-order valence-electron chi connectivity index (χ3n) is 3.46. The van der Waals surface area contributed by atoms with Crippen molar-refractivity contribution in [3.8, 4) is 0 Å². The maximum atomic E-state index is 10.6. The maximum absolute atomic E-state index is 10.6. The topological polar surface area (TPSA) is 75.1 Å². The van der Waals surface area contributed by atoms with E-state index >= 15 is 0 Å². The van der Waals surface area contributed by atoms with Crippen LogP contribution in [-0.2, 0) is 0 Å². The van der Waals surface area contributed by atoms with Gasteiger partial charge in [-0.25, -0.2) is 4.79 Å². The molecule has 2 N–H and O–H groups in total. The zero-order chi connectivity index (χ0) is 11.8. The lowest BCUT2D eigenvalue weighted by Gasteiger charge is -2.17. The first-order valence-electron chi connectivity index (χ1n) is 6.07. The number of nitrogens with zero attached hydrogens (tertiary/aromatic N) is 2. The first-order chi connectivity index (χ1) is 8.24. The number of rotatable bonds is 5. The van der Waals surface area contributed by atoms with Crippen LogP contribution < -0.4 is 5.32 Å². The lowest BCUT2D eigenvalue weighted by molar-refractivity contribution is 0.0689. The van der Waals surface area contributed by atoms with Crippen molar-refractivity contribution >= 4 is 11.8 Å². The van der Waals surface area contributed by atoms with E-state index < -0.39 is 5.97 Å². The van der Waals surface area contributed by atoms with Crippen molar-refractivity contribution in [2.75, 3.05) is 5.32 Å². The molecule has 0 radical (unpaired) electrons. The molecule has 3 rings (SSSR count). The van der Waals surface area contributed by atoms with Crippen LogP contribution in [0, 0.1) is 11.8 Å². The number of carboxylic acid groups (broad SMARTS) is 1. The van der Waals surface area contributed by atoms with E-state index in [1.807, 2.05) is 0 Å². The van der Waals surface area contributed by atoms with Crippen molar-refractivity contribution in [3.63, 3.8) is 0 Å². The van der Waals surface area contributed by atoms with E-state index in [0.717, 1.165) is 11.8 Å². The standard InChI is InChI=1S/C12H15N3O2/c16-12(17)9-5-6-10(15-14-9)13-11(7-1-2-7)8-3-4-8/h5-8,11H,1-4H2,(H,13,15)(H,16,17). The van der Waals surface area contributed by atoms with Gasteiger partial charge in [0.15, 0.2) is 5.69 Å². The summed E-state index contributed by atoms with van der Waals surface area (Å²) >= 11 is 0. The average molecular weight is 233 g/mol. The van der Waals surface area contributed by atoms with Gasteiger partial charge in [-0.05, 0) is 49.7 Å². The molecule has 1 heterocycles. The van der Waals surface area contributed by atoms with Crippen LogP contribution in [0.3, 0.4) is 0 Å². The summed E-state index contributed by atoms with van der Waals surface area (Å²) in [5, 5.41) is 19.7. The number of carboxylic acids is 1. The number of aromatic carboxylic acids is 1. The molecule has 1 aromatic heterocycles. The zero-order valence-electron chi connectivity index (χ0n) is 9.47. The third kappa shape index (κ3) is 2.38. The molecular weight excluding hydrogens is 218 g/mol. The predicted molar refractivity (Wildman–Crippen MR) is 61.9 cm³/mol. The molecule has 0 amide bonds. The minimum Gasteiger partial charge on any atom is -0.476 e. The highest BCUT2D eigenvalue weighted by atomic mass is 16.4. The molecule has 0 unspecified atom stereocenters. The number of hydrogen-bond donors (Lipinski definition) is 2. The number of carbonyl (C=O) groups is 1. The second-order valence-corrected chi connectivity index (χ2v) is 4.95. The predicted octanol–water partition coefficient (Wildman–Crippen LogP) is 1.78. The van der Waals surface area contributed by atoms with Crippen LogP contribution in [-0.4, -0.2) is 27.3 Å². The largest absolute Gasteiger partial charge is 0.476 e. The summed E-state index contributed by atoms with van der Waals surface area (Å²) in [5.74, 6) is 1.22. The highest BCUT2D eigenvalue weighted by molar-refractivity contribution is 5.85. The van der Waals surface area contributed by atoms with Gasteiger partial charge in [-0.3, -0.25) is 0 Å². The van der Waals surface area contributed by atoms with Crippen LogP contribution >= 0.6 is 0 Å². The SMILES string of the molecule is O=C(O)c1ccc(NC(C2CC2)C2CC2)nn1. The Morgan fingerprint density at radius 2 is 1.88 bits per heavy atom. The summed E-state index contributed by atoms with van der Waals surface area (Å²) in [6.45, 7) is 0. The first kappa shape index (κ1) is 10.5. The first-order valence-corrected chi connectivity index (χ1v) is 6.07. The van der Waals surface area contributed by atoms with Gasteiger partial charge in [0.1, 0.15) is 5.82 Å². The molecule has 0 aliphatic heterocycles. The minimum atomic E-state index is -1.04. The van der Waals surface area contributed by atoms with E-state index in [1.165, 1.54) is 31.7 Å². The van der Waals surface area contributed by atoms with Gasteiger partial charge in [0.2, 0.25) is 0 Å². The van der Waals surface area contributed by atoms with Crippen LogP contribution in [0.1, 0.15) is 36.2 Å². The van der Waals surface area contributed by atoms with Gasteiger partial charge in [0, 0.05) is 6.04 Å². The second-order valence-electron chi connectivity index (χ2n) is 4.95. The molecule has 0 spiro atoms. The van der Waals surface area contributed by atoms with Gasteiger partial charge in [0.05, 0.1) is 0 Å². The van der Waals surface area contributed by atoms with Crippen molar-refractivity contribution in [3.05, 3.63) is 17.8 Å². The smallest absolute Gasteiger partial charge is 0.356 e. The molecule has 0 aromatic carbocycles. The maximum Gasteiger partial charge on any atom is 0.356 e. The normalized spacial score (nSPS) is 19.4. The molecule has 90 valence electrons. The Labute approximate surface area is 99.3 Å². The Morgan fingerprint density at radius 3 is 2.29 bits per heavy atom. The van der Waals surface area contributed by atoms with Crippen molar-refractivity contribution < 1.29 is 9.90 Å². The number of nitrogens with one attached hydrogen (secondary N) is 1. The van der Waals surface area contributed by atoms with E-state index in [9.17, 15) is 4.79 Å². The fourth-order valence-corrected chi connectivity index (χ4v) is 2.23. The molecule has 5 nitrogen and oxygen atoms in total. The van der Waals surface area contributed by atoms with E-state index in [4.69, 9.17) is 5.11 Å². The Balaban J connectivity index is 1.68. The highest BCUT2D eigenvalue weighted by Gasteiger charge is 2.41. The van der Waals surface area contributed by atoms with E-state index in [0.29, 0.717) is 11.9 Å². The van der Waals surface area contributed by atoms with Gasteiger partial charge < -0.3 is 10.4 Å². The van der Waals surface area contributed by atoms with E-state index in [-0.39, 0.29) is 5.69 Å². The lowest BCUT2D eigenvalue weighted by Crippen LogP contribution is -2.25. The molecule has 0 saturated heterocycles. The van der Waals surface area contributed by atoms with Gasteiger partial charge in [-0.2, -0.15) is 0 Å². The Kier molecular flexibility index (Phi) is 2.46. The second kappa shape index (κ2) is 3.98. The molecule has 2 saturated carbocycles. The molecule has 2 aliphatic carbocycles. The fourth-order valence-electron chi connectivity index (χ4n) is 2.23. The summed E-state index contributed by atoms with van der Waals surface area (Å²) < 4.78 is 0. The Morgan fingerprint density at radius 1 is 1.24 bits per heavy atom. The number of anilines is 1. The van der Waals surface area contributed by atoms with E-state index in [2.05, 4.69) is 15.5 Å². The summed E-state index contributed by atoms with van der Waals surface area (Å²) in [4.78, 5) is 10.6. The minimum absolute atomic E-state index is 0.00931. The Hall–Kier alpha value is -1.65. The van der Waals surface area contributed by atoms with Crippen LogP contribution in [0.25, 0.3) is 0 Å². The zero-order valence-corrected chi connectivity index (χ0v) is 9.47. The quantitative estimate of drug-likeness (QED) is 0.810. The highest BCUT2D eigenvalue weighted by Crippen LogP contribution is 2.45. The summed E-state index contributed by atoms with van der Waals surface area (Å²) in [6.07, 6.45) is 5.20. The molecule has 2 fully saturated rings. The molecule has 1 aromatic rings. The summed E-state index contributed by atoms with van der Waals surface area (Å²) in [6, 6.07) is 3.71. The molecule has 17 heavy (non-hydrogen) atoms. The van der Waals surface area contributed by atoms with Crippen molar-refractivity contribution in [2.24, 2.45) is 11.8 Å². The third-order valence-corrected chi connectivity index (χ3v) is 3.46. The van der Waals surface area contributed by atoms with Crippen LogP contribution in [0.4, 0.5) is 5.82 Å². The molecule has 5 heteroatoms. The Bertz CT molecular complexity index is 412. The van der Waals surface area contributed by atoms with Gasteiger partial charge in [-0.15, -0.1) is 10.2 Å². The van der Waals surface area contributed by atoms with Crippen molar-refractivity contribution in [1.82, 2.24) is 10.2 Å². The molecule has 2 aliphatic rings.